The van der Waals surface area contributed by atoms with Gasteiger partial charge < -0.3 is 9.42 Å². The van der Waals surface area contributed by atoms with Crippen molar-refractivity contribution in [2.24, 2.45) is 0 Å². The van der Waals surface area contributed by atoms with Crippen molar-refractivity contribution in [2.45, 2.75) is 57.7 Å². The van der Waals surface area contributed by atoms with Crippen molar-refractivity contribution in [2.75, 3.05) is 19.6 Å². The number of aromatic nitrogens is 3. The summed E-state index contributed by atoms with van der Waals surface area (Å²) in [5.74, 6) is -2.11. The van der Waals surface area contributed by atoms with E-state index in [4.69, 9.17) is 19.6 Å². The third-order valence-corrected chi connectivity index (χ3v) is 5.68. The van der Waals surface area contributed by atoms with Gasteiger partial charge in [-0.25, -0.2) is 9.37 Å². The van der Waals surface area contributed by atoms with E-state index in [1.54, 1.807) is 0 Å². The monoisotopic (exact) mass is 421 g/mol. The summed E-state index contributed by atoms with van der Waals surface area (Å²) >= 11 is 0. The van der Waals surface area contributed by atoms with Gasteiger partial charge in [-0.1, -0.05) is 5.16 Å². The van der Waals surface area contributed by atoms with Crippen molar-refractivity contribution in [3.05, 3.63) is 57.1 Å². The lowest BCUT2D eigenvalue weighted by Crippen LogP contribution is -2.37. The summed E-state index contributed by atoms with van der Waals surface area (Å²) in [6.07, 6.45) is -8.56. The summed E-state index contributed by atoms with van der Waals surface area (Å²) in [6.45, 7) is -0.359. The Labute approximate surface area is 190 Å². The Morgan fingerprint density at radius 3 is 3.00 bits per heavy atom. The van der Waals surface area contributed by atoms with Crippen molar-refractivity contribution in [1.29, 1.82) is 0 Å². The summed E-state index contributed by atoms with van der Waals surface area (Å²) in [5.41, 5.74) is -0.556. The highest BCUT2D eigenvalue weighted by Gasteiger charge is 2.25. The Kier molecular flexibility index (Phi) is 2.82. The first-order valence-corrected chi connectivity index (χ1v) is 9.78. The number of piperidine rings is 1. The zero-order chi connectivity index (χ0) is 30.4. The van der Waals surface area contributed by atoms with Crippen LogP contribution in [-0.4, -0.2) is 39.2 Å². The average Bonchev–Trinajstić information content (AvgIpc) is 3.35. The first-order valence-electron chi connectivity index (χ1n) is 15.3. The normalized spacial score (nSPS) is 30.1. The van der Waals surface area contributed by atoms with Crippen molar-refractivity contribution in [3.8, 4) is 0 Å². The zero-order valence-electron chi connectivity index (χ0n) is 27.3. The molecule has 1 saturated heterocycles. The molecule has 6 nitrogen and oxygen atoms in total. The quantitative estimate of drug-likeness (QED) is 0.644. The molecule has 0 unspecified atom stereocenters. The molecule has 2 aliphatic rings. The molecule has 2 aliphatic heterocycles. The van der Waals surface area contributed by atoms with Crippen LogP contribution in [0.4, 0.5) is 4.39 Å². The molecule has 7 heteroatoms. The van der Waals surface area contributed by atoms with Crippen LogP contribution in [0.2, 0.25) is 0 Å². The maximum atomic E-state index is 14.1. The smallest absolute Gasteiger partial charge is 0.256 e. The summed E-state index contributed by atoms with van der Waals surface area (Å²) in [4.78, 5) is 19.6. The lowest BCUT2D eigenvalue weighted by atomic mass is 9.91. The van der Waals surface area contributed by atoms with E-state index in [2.05, 4.69) is 10.1 Å². The average molecular weight is 422 g/mol. The van der Waals surface area contributed by atoms with Crippen molar-refractivity contribution < 1.29 is 24.0 Å². The number of fused-ring (bicyclic) bond motifs is 2. The molecule has 1 fully saturated rings. The number of nitrogens with zero attached hydrogens (tertiary/aromatic N) is 4. The van der Waals surface area contributed by atoms with Gasteiger partial charge in [0.25, 0.3) is 5.56 Å². The van der Waals surface area contributed by atoms with E-state index in [1.165, 1.54) is 6.92 Å². The zero-order valence-corrected chi connectivity index (χ0v) is 16.3. The van der Waals surface area contributed by atoms with E-state index in [0.717, 1.165) is 0 Å². The first kappa shape index (κ1) is 10.7. The molecule has 2 aromatic heterocycles. The predicted molar refractivity (Wildman–Crippen MR) is 112 cm³/mol. The standard InChI is InChI=1S/C23H27FN4O2/c1-15-18(23(29)28-10-3-2-4-21(28)25-15)9-13-27-11-7-16(8-12-27)22-19-6-5-17(24)14-20(19)30-26-22/h5-6,14,16H,2-4,7-13H2,1H3/i2D2,3D2,4D2,5D,6D,10D2,14D. The molecule has 0 amide bonds. The molecule has 0 spiro atoms. The van der Waals surface area contributed by atoms with Crippen LogP contribution < -0.4 is 5.56 Å². The SMILES string of the molecule is [2H]c1c(F)c([2H])c2onc(C3CCN(CCc4c(C)nc5n(c4=O)C([2H])([2H])C([2H])([2H])C([2H])([2H])C5([2H])[2H])CC3)c2c1[2H]. The molecule has 0 bridgehead atoms. The molecule has 3 aromatic rings. The van der Waals surface area contributed by atoms with E-state index >= 15 is 0 Å². The second kappa shape index (κ2) is 7.95. The number of hydrogen-bond donors (Lipinski definition) is 0. The Morgan fingerprint density at radius 1 is 1.33 bits per heavy atom. The molecule has 0 atom stereocenters. The van der Waals surface area contributed by atoms with Gasteiger partial charge >= 0.3 is 0 Å². The highest BCUT2D eigenvalue weighted by Crippen LogP contribution is 2.32. The van der Waals surface area contributed by atoms with Gasteiger partial charge in [-0.15, -0.1) is 0 Å². The molecule has 5 rings (SSSR count). The maximum Gasteiger partial charge on any atom is 0.256 e. The summed E-state index contributed by atoms with van der Waals surface area (Å²) in [7, 11) is 0. The second-order valence-electron chi connectivity index (χ2n) is 7.45. The minimum Gasteiger partial charge on any atom is -0.356 e. The van der Waals surface area contributed by atoms with Crippen LogP contribution in [0.1, 0.15) is 69.4 Å². The van der Waals surface area contributed by atoms with E-state index < -0.39 is 54.9 Å². The first-order chi connectivity index (χ1) is 18.9. The van der Waals surface area contributed by atoms with Crippen molar-refractivity contribution in [1.82, 2.24) is 19.6 Å². The molecule has 0 saturated carbocycles. The molecular weight excluding hydrogens is 383 g/mol. The number of hydrogen-bond acceptors (Lipinski definition) is 5. The lowest BCUT2D eigenvalue weighted by Gasteiger charge is -2.31. The predicted octanol–water partition coefficient (Wildman–Crippen LogP) is 3.59. The molecule has 4 heterocycles. The fourth-order valence-electron chi connectivity index (χ4n) is 4.04. The van der Waals surface area contributed by atoms with Gasteiger partial charge in [0.05, 0.1) is 9.81 Å². The Balaban J connectivity index is 1.37. The van der Waals surface area contributed by atoms with E-state index in [-0.39, 0.29) is 40.6 Å². The van der Waals surface area contributed by atoms with Gasteiger partial charge in [-0.2, -0.15) is 0 Å². The number of aryl methyl sites for hydroxylation is 2. The van der Waals surface area contributed by atoms with Gasteiger partial charge in [-0.05, 0) is 64.1 Å². The van der Waals surface area contributed by atoms with Crippen LogP contribution in [0, 0.1) is 12.7 Å². The summed E-state index contributed by atoms with van der Waals surface area (Å²) < 4.78 is 109. The topological polar surface area (TPSA) is 64.2 Å². The molecule has 0 aliphatic carbocycles. The van der Waals surface area contributed by atoms with Crippen LogP contribution in [-0.2, 0) is 19.3 Å². The van der Waals surface area contributed by atoms with Gasteiger partial charge in [0.15, 0.2) is 5.58 Å². The lowest BCUT2D eigenvalue weighted by molar-refractivity contribution is 0.211. The molecular formula is C23H27FN4O2. The Bertz CT molecular complexity index is 1610. The summed E-state index contributed by atoms with van der Waals surface area (Å²) in [6, 6.07) is -1.68. The largest absolute Gasteiger partial charge is 0.356 e. The number of likely N-dealkylation sites (tertiary alicyclic amines) is 1. The van der Waals surface area contributed by atoms with Crippen molar-refractivity contribution >= 4 is 11.0 Å². The van der Waals surface area contributed by atoms with E-state index in [1.807, 2.05) is 4.90 Å². The molecule has 158 valence electrons. The second-order valence-corrected chi connectivity index (χ2v) is 7.45. The minimum atomic E-state index is -3.38. The highest BCUT2D eigenvalue weighted by atomic mass is 19.1. The van der Waals surface area contributed by atoms with Gasteiger partial charge in [0.2, 0.25) is 0 Å². The Hall–Kier alpha value is -2.54. The molecule has 30 heavy (non-hydrogen) atoms. The molecule has 1 aromatic carbocycles. The third kappa shape index (κ3) is 3.55. The maximum absolute atomic E-state index is 14.1. The fraction of sp³-hybridized carbons (Fsp3) is 0.522. The Morgan fingerprint density at radius 2 is 2.17 bits per heavy atom. The van der Waals surface area contributed by atoms with Crippen LogP contribution in [0.5, 0.6) is 0 Å². The third-order valence-electron chi connectivity index (χ3n) is 5.68. The van der Waals surface area contributed by atoms with Crippen LogP contribution >= 0.6 is 0 Å². The minimum absolute atomic E-state index is 0.0723. The number of benzene rings is 1. The number of rotatable bonds is 4. The van der Waals surface area contributed by atoms with E-state index in [0.29, 0.717) is 42.7 Å². The summed E-state index contributed by atoms with van der Waals surface area (Å²) in [5, 5.41) is 4.15. The fourth-order valence-corrected chi connectivity index (χ4v) is 4.04. The van der Waals surface area contributed by atoms with Gasteiger partial charge in [0.1, 0.15) is 11.6 Å². The van der Waals surface area contributed by atoms with E-state index in [9.17, 15) is 9.18 Å². The van der Waals surface area contributed by atoms with Crippen LogP contribution in [0.15, 0.2) is 27.4 Å². The van der Waals surface area contributed by atoms with Crippen molar-refractivity contribution in [3.63, 3.8) is 0 Å². The highest BCUT2D eigenvalue weighted by molar-refractivity contribution is 5.79. The number of halogens is 1. The van der Waals surface area contributed by atoms with Crippen LogP contribution in [0.25, 0.3) is 11.0 Å². The van der Waals surface area contributed by atoms with Gasteiger partial charge in [-0.3, -0.25) is 9.36 Å². The van der Waals surface area contributed by atoms with Crippen LogP contribution in [0.3, 0.4) is 0 Å². The molecule has 0 radical (unpaired) electrons. The molecule has 0 N–H and O–H groups in total. The van der Waals surface area contributed by atoms with Gasteiger partial charge in [0, 0.05) is 59.0 Å².